The second-order valence-electron chi connectivity index (χ2n) is 5.07. The van der Waals surface area contributed by atoms with Gasteiger partial charge in [0.1, 0.15) is 0 Å². The van der Waals surface area contributed by atoms with Gasteiger partial charge < -0.3 is 0 Å². The van der Waals surface area contributed by atoms with E-state index in [0.29, 0.717) is 5.92 Å². The largest absolute Gasteiger partial charge is 0.133 e. The van der Waals surface area contributed by atoms with Crippen molar-refractivity contribution in [3.05, 3.63) is 20.3 Å². The van der Waals surface area contributed by atoms with Crippen molar-refractivity contribution in [1.29, 1.82) is 0 Å². The van der Waals surface area contributed by atoms with Crippen LogP contribution in [0, 0.1) is 12.8 Å². The maximum absolute atomic E-state index is 6.72. The Morgan fingerprint density at radius 3 is 2.35 bits per heavy atom. The Morgan fingerprint density at radius 2 is 1.82 bits per heavy atom. The molecule has 1 saturated carbocycles. The zero-order chi connectivity index (χ0) is 12.3. The predicted molar refractivity (Wildman–Crippen MR) is 81.2 cm³/mol. The molecule has 1 aliphatic carbocycles. The average molecular weight is 336 g/mol. The van der Waals surface area contributed by atoms with E-state index in [-0.39, 0.29) is 5.38 Å². The van der Waals surface area contributed by atoms with Crippen molar-refractivity contribution in [1.82, 2.24) is 0 Å². The Hall–Kier alpha value is 0.470. The van der Waals surface area contributed by atoms with E-state index < -0.39 is 0 Å². The first-order valence-electron chi connectivity index (χ1n) is 6.58. The molecule has 0 nitrogen and oxygen atoms in total. The molecule has 0 bridgehead atoms. The van der Waals surface area contributed by atoms with E-state index >= 15 is 0 Å². The minimum absolute atomic E-state index is 0.218. The molecule has 1 aliphatic rings. The highest BCUT2D eigenvalue weighted by Crippen LogP contribution is 2.41. The molecule has 0 saturated heterocycles. The van der Waals surface area contributed by atoms with Gasteiger partial charge in [-0.1, -0.05) is 32.1 Å². The van der Waals surface area contributed by atoms with Crippen molar-refractivity contribution < 1.29 is 0 Å². The van der Waals surface area contributed by atoms with E-state index in [0.717, 1.165) is 0 Å². The SMILES string of the molecule is Cc1sc(Br)cc1C(Cl)C1CCCCCCC1. The normalized spacial score (nSPS) is 20.9. The van der Waals surface area contributed by atoms with Gasteiger partial charge in [-0.15, -0.1) is 22.9 Å². The maximum Gasteiger partial charge on any atom is 0.0704 e. The van der Waals surface area contributed by atoms with Gasteiger partial charge in [-0.25, -0.2) is 0 Å². The van der Waals surface area contributed by atoms with Gasteiger partial charge in [-0.05, 0) is 53.2 Å². The van der Waals surface area contributed by atoms with Gasteiger partial charge in [0.05, 0.1) is 9.16 Å². The summed E-state index contributed by atoms with van der Waals surface area (Å²) in [6.45, 7) is 2.18. The monoisotopic (exact) mass is 334 g/mol. The Bertz CT molecular complexity index is 353. The van der Waals surface area contributed by atoms with Crippen LogP contribution < -0.4 is 0 Å². The van der Waals surface area contributed by atoms with Crippen LogP contribution in [0.3, 0.4) is 0 Å². The van der Waals surface area contributed by atoms with Gasteiger partial charge in [0, 0.05) is 4.88 Å². The summed E-state index contributed by atoms with van der Waals surface area (Å²) in [5.74, 6) is 0.678. The first-order valence-corrected chi connectivity index (χ1v) is 8.63. The van der Waals surface area contributed by atoms with Crippen molar-refractivity contribution in [3.8, 4) is 0 Å². The number of rotatable bonds is 2. The number of aryl methyl sites for hydroxylation is 1. The first kappa shape index (κ1) is 13.9. The molecule has 0 amide bonds. The van der Waals surface area contributed by atoms with Gasteiger partial charge in [0.2, 0.25) is 0 Å². The molecule has 1 heterocycles. The van der Waals surface area contributed by atoms with E-state index in [2.05, 4.69) is 28.9 Å². The summed E-state index contributed by atoms with van der Waals surface area (Å²) in [6.07, 6.45) is 9.54. The maximum atomic E-state index is 6.72. The highest BCUT2D eigenvalue weighted by molar-refractivity contribution is 9.11. The molecular weight excluding hydrogens is 316 g/mol. The molecule has 96 valence electrons. The summed E-state index contributed by atoms with van der Waals surface area (Å²) in [4.78, 5) is 1.37. The van der Waals surface area contributed by atoms with Crippen LogP contribution in [-0.4, -0.2) is 0 Å². The summed E-state index contributed by atoms with van der Waals surface area (Å²) < 4.78 is 1.21. The zero-order valence-electron chi connectivity index (χ0n) is 10.3. The first-order chi connectivity index (χ1) is 8.18. The van der Waals surface area contributed by atoms with Gasteiger partial charge in [0.15, 0.2) is 0 Å². The lowest BCUT2D eigenvalue weighted by Gasteiger charge is -2.24. The van der Waals surface area contributed by atoms with Crippen LogP contribution in [0.5, 0.6) is 0 Å². The number of alkyl halides is 1. The van der Waals surface area contributed by atoms with Crippen LogP contribution in [-0.2, 0) is 0 Å². The molecule has 0 radical (unpaired) electrons. The number of halogens is 2. The lowest BCUT2D eigenvalue weighted by molar-refractivity contribution is 0.368. The smallest absolute Gasteiger partial charge is 0.0704 e. The summed E-state index contributed by atoms with van der Waals surface area (Å²) in [5, 5.41) is 0.218. The summed E-state index contributed by atoms with van der Waals surface area (Å²) >= 11 is 12.1. The second kappa shape index (κ2) is 6.58. The quantitative estimate of drug-likeness (QED) is 0.544. The van der Waals surface area contributed by atoms with Crippen molar-refractivity contribution in [2.75, 3.05) is 0 Å². The summed E-state index contributed by atoms with van der Waals surface area (Å²) in [6, 6.07) is 2.22. The van der Waals surface area contributed by atoms with Crippen molar-refractivity contribution in [2.24, 2.45) is 5.92 Å². The highest BCUT2D eigenvalue weighted by Gasteiger charge is 2.24. The molecule has 0 aromatic carbocycles. The van der Waals surface area contributed by atoms with Gasteiger partial charge in [-0.2, -0.15) is 0 Å². The molecule has 1 aromatic rings. The van der Waals surface area contributed by atoms with Crippen LogP contribution in [0.25, 0.3) is 0 Å². The number of hydrogen-bond acceptors (Lipinski definition) is 1. The van der Waals surface area contributed by atoms with Crippen LogP contribution in [0.4, 0.5) is 0 Å². The lowest BCUT2D eigenvalue weighted by Crippen LogP contribution is -2.10. The van der Waals surface area contributed by atoms with Crippen LogP contribution in [0.15, 0.2) is 9.85 Å². The van der Waals surface area contributed by atoms with E-state index in [9.17, 15) is 0 Å². The topological polar surface area (TPSA) is 0 Å². The standard InChI is InChI=1S/C14H20BrClS/c1-10-12(9-13(15)17-10)14(16)11-7-5-3-2-4-6-8-11/h9,11,14H,2-8H2,1H3. The lowest BCUT2D eigenvalue weighted by atomic mass is 9.86. The minimum Gasteiger partial charge on any atom is -0.133 e. The third-order valence-electron chi connectivity index (χ3n) is 3.79. The second-order valence-corrected chi connectivity index (χ2v) is 8.17. The molecule has 1 unspecified atom stereocenters. The van der Waals surface area contributed by atoms with E-state index in [1.807, 2.05) is 0 Å². The third kappa shape index (κ3) is 3.71. The molecule has 1 atom stereocenters. The van der Waals surface area contributed by atoms with Gasteiger partial charge in [0.25, 0.3) is 0 Å². The number of hydrogen-bond donors (Lipinski definition) is 0. The Labute approximate surface area is 122 Å². The summed E-state index contributed by atoms with van der Waals surface area (Å²) in [7, 11) is 0. The highest BCUT2D eigenvalue weighted by atomic mass is 79.9. The zero-order valence-corrected chi connectivity index (χ0v) is 13.5. The van der Waals surface area contributed by atoms with E-state index in [1.54, 1.807) is 11.3 Å². The van der Waals surface area contributed by atoms with Crippen LogP contribution in [0.1, 0.15) is 60.8 Å². The summed E-state index contributed by atoms with van der Waals surface area (Å²) in [5.41, 5.74) is 1.36. The molecule has 17 heavy (non-hydrogen) atoms. The minimum atomic E-state index is 0.218. The molecule has 1 fully saturated rings. The molecule has 3 heteroatoms. The molecule has 0 N–H and O–H groups in total. The van der Waals surface area contributed by atoms with Gasteiger partial charge >= 0.3 is 0 Å². The van der Waals surface area contributed by atoms with Crippen molar-refractivity contribution >= 4 is 38.9 Å². The van der Waals surface area contributed by atoms with Crippen LogP contribution in [0.2, 0.25) is 0 Å². The number of thiophene rings is 1. The third-order valence-corrected chi connectivity index (χ3v) is 5.95. The fourth-order valence-electron chi connectivity index (χ4n) is 2.77. The Morgan fingerprint density at radius 1 is 1.24 bits per heavy atom. The average Bonchev–Trinajstić information content (AvgIpc) is 2.56. The van der Waals surface area contributed by atoms with E-state index in [4.69, 9.17) is 11.6 Å². The fraction of sp³-hybridized carbons (Fsp3) is 0.714. The molecule has 0 spiro atoms. The predicted octanol–water partition coefficient (Wildman–Crippen LogP) is 6.46. The van der Waals surface area contributed by atoms with E-state index in [1.165, 1.54) is 59.2 Å². The molecule has 0 aliphatic heterocycles. The fourth-order valence-corrected chi connectivity index (χ4v) is 5.07. The Balaban J connectivity index is 2.06. The van der Waals surface area contributed by atoms with Crippen molar-refractivity contribution in [2.45, 2.75) is 57.2 Å². The molecule has 2 rings (SSSR count). The Kier molecular flexibility index (Phi) is 5.38. The molecule has 1 aromatic heterocycles. The van der Waals surface area contributed by atoms with Gasteiger partial charge in [-0.3, -0.25) is 0 Å². The van der Waals surface area contributed by atoms with Crippen molar-refractivity contribution in [3.63, 3.8) is 0 Å². The molecular formula is C14H20BrClS. The van der Waals surface area contributed by atoms with Crippen LogP contribution >= 0.6 is 38.9 Å².